The second-order valence-electron chi connectivity index (χ2n) is 4.70. The Bertz CT molecular complexity index is 745. The number of halogens is 1. The Morgan fingerprint density at radius 1 is 0.905 bits per heavy atom. The Morgan fingerprint density at radius 2 is 1.43 bits per heavy atom. The fourth-order valence-corrected chi connectivity index (χ4v) is 2.61. The second-order valence-corrected chi connectivity index (χ2v) is 5.86. The lowest BCUT2D eigenvalue weighted by Gasteiger charge is -2.17. The third-order valence-corrected chi connectivity index (χ3v) is 4.08. The summed E-state index contributed by atoms with van der Waals surface area (Å²) in [7, 11) is 0. The van der Waals surface area contributed by atoms with Crippen molar-refractivity contribution in [2.24, 2.45) is 0 Å². The Balaban J connectivity index is 2.17. The lowest BCUT2D eigenvalue weighted by Crippen LogP contribution is -2.17. The number of nitrogens with zero attached hydrogens (tertiary/aromatic N) is 1. The molecule has 0 amide bonds. The maximum atomic E-state index is 11.9. The van der Waals surface area contributed by atoms with Gasteiger partial charge in [-0.1, -0.05) is 60.7 Å². The molecule has 3 rings (SSSR count). The number of hydrogen-bond acceptors (Lipinski definition) is 2. The van der Waals surface area contributed by atoms with Crippen LogP contribution in [0.25, 0.3) is 0 Å². The molecule has 0 aliphatic heterocycles. The molecule has 0 aliphatic carbocycles. The molecule has 0 unspecified atom stereocenters. The van der Waals surface area contributed by atoms with Crippen molar-refractivity contribution in [2.75, 3.05) is 0 Å². The highest BCUT2D eigenvalue weighted by Crippen LogP contribution is 2.28. The zero-order valence-electron chi connectivity index (χ0n) is 11.2. The van der Waals surface area contributed by atoms with Crippen LogP contribution in [0.15, 0.2) is 71.7 Å². The van der Waals surface area contributed by atoms with Gasteiger partial charge in [-0.2, -0.15) is 0 Å². The van der Waals surface area contributed by atoms with Crippen molar-refractivity contribution in [2.45, 2.75) is 5.92 Å². The zero-order chi connectivity index (χ0) is 14.7. The Kier molecular flexibility index (Phi) is 4.15. The molecule has 1 N–H and O–H groups in total. The van der Waals surface area contributed by atoms with Gasteiger partial charge in [0.1, 0.15) is 5.82 Å². The maximum absolute atomic E-state index is 11.9. The van der Waals surface area contributed by atoms with Crippen LogP contribution in [0.5, 0.6) is 0 Å². The number of rotatable bonds is 3. The van der Waals surface area contributed by atoms with Gasteiger partial charge >= 0.3 is 0 Å². The summed E-state index contributed by atoms with van der Waals surface area (Å²) >= 11 is 1.99. The van der Waals surface area contributed by atoms with Gasteiger partial charge < -0.3 is 4.98 Å². The van der Waals surface area contributed by atoms with Crippen molar-refractivity contribution in [3.05, 3.63) is 97.7 Å². The molecule has 21 heavy (non-hydrogen) atoms. The van der Waals surface area contributed by atoms with Gasteiger partial charge in [-0.25, -0.2) is 4.98 Å². The van der Waals surface area contributed by atoms with Crippen LogP contribution in [0.3, 0.4) is 0 Å². The first-order valence-electron chi connectivity index (χ1n) is 6.60. The molecule has 0 bridgehead atoms. The summed E-state index contributed by atoms with van der Waals surface area (Å²) in [4.78, 5) is 19.2. The van der Waals surface area contributed by atoms with E-state index in [-0.39, 0.29) is 11.5 Å². The summed E-state index contributed by atoms with van der Waals surface area (Å²) in [5, 5.41) is 0. The Hall–Kier alpha value is -1.95. The normalized spacial score (nSPS) is 10.8. The second kappa shape index (κ2) is 6.22. The topological polar surface area (TPSA) is 45.8 Å². The molecule has 0 saturated carbocycles. The minimum atomic E-state index is -0.0996. The van der Waals surface area contributed by atoms with Crippen molar-refractivity contribution in [1.82, 2.24) is 9.97 Å². The van der Waals surface area contributed by atoms with E-state index in [9.17, 15) is 4.79 Å². The molecule has 1 heterocycles. The molecule has 0 fully saturated rings. The van der Waals surface area contributed by atoms with Crippen molar-refractivity contribution in [3.63, 3.8) is 0 Å². The van der Waals surface area contributed by atoms with E-state index in [0.29, 0.717) is 9.39 Å². The first kappa shape index (κ1) is 14.0. The Morgan fingerprint density at radius 3 is 1.90 bits per heavy atom. The predicted octanol–water partition coefficient (Wildman–Crippen LogP) is 3.55. The zero-order valence-corrected chi connectivity index (χ0v) is 13.3. The first-order valence-corrected chi connectivity index (χ1v) is 7.68. The monoisotopic (exact) mass is 388 g/mol. The van der Waals surface area contributed by atoms with E-state index < -0.39 is 0 Å². The average Bonchev–Trinajstić information content (AvgIpc) is 2.53. The smallest absolute Gasteiger partial charge is 0.264 e. The van der Waals surface area contributed by atoms with E-state index in [4.69, 9.17) is 0 Å². The molecule has 0 atom stereocenters. The van der Waals surface area contributed by atoms with Crippen LogP contribution in [-0.2, 0) is 0 Å². The van der Waals surface area contributed by atoms with Crippen LogP contribution in [0.1, 0.15) is 22.9 Å². The summed E-state index contributed by atoms with van der Waals surface area (Å²) in [6.45, 7) is 0. The van der Waals surface area contributed by atoms with Crippen molar-refractivity contribution < 1.29 is 0 Å². The quantitative estimate of drug-likeness (QED) is 0.698. The fourth-order valence-electron chi connectivity index (χ4n) is 2.34. The summed E-state index contributed by atoms with van der Waals surface area (Å²) in [5.41, 5.74) is 2.11. The van der Waals surface area contributed by atoms with Gasteiger partial charge in [-0.3, -0.25) is 4.79 Å². The molecule has 2 aromatic carbocycles. The minimum Gasteiger partial charge on any atom is -0.309 e. The first-order chi connectivity index (χ1) is 10.3. The lowest BCUT2D eigenvalue weighted by molar-refractivity contribution is 0.838. The van der Waals surface area contributed by atoms with Crippen LogP contribution >= 0.6 is 22.6 Å². The number of nitrogens with one attached hydrogen (secondary N) is 1. The summed E-state index contributed by atoms with van der Waals surface area (Å²) in [6.07, 6.45) is 1.62. The standard InChI is InChI=1S/C17H13IN2O/c18-14-11-19-16(20-17(14)21)15(12-7-3-1-4-8-12)13-9-5-2-6-10-13/h1-11,15H,(H,19,20,21). The maximum Gasteiger partial charge on any atom is 0.264 e. The average molecular weight is 388 g/mol. The molecule has 4 heteroatoms. The van der Waals surface area contributed by atoms with Gasteiger partial charge in [0.2, 0.25) is 0 Å². The predicted molar refractivity (Wildman–Crippen MR) is 91.4 cm³/mol. The molecule has 0 spiro atoms. The van der Waals surface area contributed by atoms with E-state index in [1.54, 1.807) is 6.20 Å². The third kappa shape index (κ3) is 3.05. The number of aromatic amines is 1. The molecule has 3 nitrogen and oxygen atoms in total. The van der Waals surface area contributed by atoms with Crippen LogP contribution in [0.4, 0.5) is 0 Å². The van der Waals surface area contributed by atoms with Crippen LogP contribution < -0.4 is 5.56 Å². The number of H-pyrrole nitrogens is 1. The van der Waals surface area contributed by atoms with Gasteiger partial charge in [0.25, 0.3) is 5.56 Å². The van der Waals surface area contributed by atoms with E-state index >= 15 is 0 Å². The van der Waals surface area contributed by atoms with Gasteiger partial charge in [-0.15, -0.1) is 0 Å². The molecule has 0 aliphatic rings. The number of hydrogen-bond donors (Lipinski definition) is 1. The van der Waals surface area contributed by atoms with Crippen LogP contribution in [0.2, 0.25) is 0 Å². The number of aromatic nitrogens is 2. The third-order valence-electron chi connectivity index (χ3n) is 3.31. The molecule has 0 radical (unpaired) electrons. The highest BCUT2D eigenvalue weighted by Gasteiger charge is 2.19. The summed E-state index contributed by atoms with van der Waals surface area (Å²) < 4.78 is 0.594. The SMILES string of the molecule is O=c1[nH]c(C(c2ccccc2)c2ccccc2)ncc1I. The molecular weight excluding hydrogens is 375 g/mol. The van der Waals surface area contributed by atoms with Gasteiger partial charge in [0, 0.05) is 6.20 Å². The van der Waals surface area contributed by atoms with E-state index in [0.717, 1.165) is 11.1 Å². The van der Waals surface area contributed by atoms with Gasteiger partial charge in [0.05, 0.1) is 9.49 Å². The van der Waals surface area contributed by atoms with Crippen LogP contribution in [0, 0.1) is 3.57 Å². The van der Waals surface area contributed by atoms with Crippen molar-refractivity contribution in [1.29, 1.82) is 0 Å². The number of benzene rings is 2. The van der Waals surface area contributed by atoms with E-state index in [2.05, 4.69) is 34.2 Å². The highest BCUT2D eigenvalue weighted by molar-refractivity contribution is 14.1. The molecular formula is C17H13IN2O. The lowest BCUT2D eigenvalue weighted by atomic mass is 9.90. The largest absolute Gasteiger partial charge is 0.309 e. The van der Waals surface area contributed by atoms with Gasteiger partial charge in [0.15, 0.2) is 0 Å². The van der Waals surface area contributed by atoms with Crippen LogP contribution in [-0.4, -0.2) is 9.97 Å². The minimum absolute atomic E-state index is 0.0721. The molecule has 104 valence electrons. The summed E-state index contributed by atoms with van der Waals surface area (Å²) in [6, 6.07) is 20.2. The highest BCUT2D eigenvalue weighted by atomic mass is 127. The van der Waals surface area contributed by atoms with E-state index in [1.165, 1.54) is 0 Å². The summed E-state index contributed by atoms with van der Waals surface area (Å²) in [5.74, 6) is 0.593. The van der Waals surface area contributed by atoms with Crippen molar-refractivity contribution in [3.8, 4) is 0 Å². The molecule has 1 aromatic heterocycles. The Labute approximate surface area is 136 Å². The molecule has 3 aromatic rings. The fraction of sp³-hybridized carbons (Fsp3) is 0.0588. The van der Waals surface area contributed by atoms with E-state index in [1.807, 2.05) is 59.0 Å². The van der Waals surface area contributed by atoms with Gasteiger partial charge in [-0.05, 0) is 33.7 Å². The molecule has 0 saturated heterocycles. The van der Waals surface area contributed by atoms with Crippen molar-refractivity contribution >= 4 is 22.6 Å².